The van der Waals surface area contributed by atoms with Crippen molar-refractivity contribution < 1.29 is 0 Å². The molecule has 0 spiro atoms. The summed E-state index contributed by atoms with van der Waals surface area (Å²) in [6.07, 6.45) is 85.7. The van der Waals surface area contributed by atoms with Crippen molar-refractivity contribution in [3.63, 3.8) is 0 Å². The van der Waals surface area contributed by atoms with E-state index in [1.54, 1.807) is 0 Å². The summed E-state index contributed by atoms with van der Waals surface area (Å²) in [6.45, 7) is 6.91. The molecule has 0 fully saturated rings. The first kappa shape index (κ1) is 79.6. The van der Waals surface area contributed by atoms with E-state index >= 15 is 0 Å². The van der Waals surface area contributed by atoms with Crippen LogP contribution in [0, 0.1) is 35.5 Å². The number of aliphatic imine (C=N–C) groups is 2. The monoisotopic (exact) mass is 1190 g/mol. The van der Waals surface area contributed by atoms with Gasteiger partial charge in [0.05, 0.1) is 17.6 Å². The first-order valence-electron chi connectivity index (χ1n) is 39.0. The van der Waals surface area contributed by atoms with Crippen LogP contribution in [0.5, 0.6) is 0 Å². The minimum Gasteiger partial charge on any atom is -0.254 e. The molecule has 492 valence electrons. The van der Waals surface area contributed by atoms with Crippen LogP contribution in [0.25, 0.3) is 0 Å². The molecule has 0 amide bonds. The molecule has 0 radical (unpaired) electrons. The van der Waals surface area contributed by atoms with Crippen LogP contribution < -0.4 is 0 Å². The lowest BCUT2D eigenvalue weighted by atomic mass is 10.0. The lowest BCUT2D eigenvalue weighted by Crippen LogP contribution is -1.97. The van der Waals surface area contributed by atoms with E-state index in [1.165, 1.54) is 345 Å². The molecule has 2 heteroatoms. The summed E-state index contributed by atoms with van der Waals surface area (Å²) in [5.41, 5.74) is 5.30. The highest BCUT2D eigenvalue weighted by atomic mass is 14.8. The quantitative estimate of drug-likeness (QED) is 0.0358. The predicted molar refractivity (Wildman–Crippen MR) is 393 cm³/mol. The van der Waals surface area contributed by atoms with Crippen molar-refractivity contribution >= 4 is 23.3 Å². The molecule has 87 heavy (non-hydrogen) atoms. The summed E-state index contributed by atoms with van der Waals surface area (Å²) in [5, 5.41) is 0. The van der Waals surface area contributed by atoms with Crippen LogP contribution in [-0.2, 0) is 12.8 Å². The predicted octanol–water partition coefficient (Wildman–Crippen LogP) is 28.7. The first-order valence-corrected chi connectivity index (χ1v) is 39.0. The number of hydrogen-bond donors (Lipinski definition) is 0. The normalized spacial score (nSPS) is 11.5. The van der Waals surface area contributed by atoms with E-state index in [0.29, 0.717) is 0 Å². The fourth-order valence-electron chi connectivity index (χ4n) is 12.4. The van der Waals surface area contributed by atoms with Crippen LogP contribution in [0.2, 0.25) is 0 Å². The Morgan fingerprint density at radius 3 is 0.793 bits per heavy atom. The molecule has 0 bridgehead atoms. The maximum absolute atomic E-state index is 5.20. The van der Waals surface area contributed by atoms with Gasteiger partial charge in [0.25, 0.3) is 0 Å². The van der Waals surface area contributed by atoms with Gasteiger partial charge >= 0.3 is 0 Å². The molecule has 2 aromatic carbocycles. The number of unbranched alkanes of at least 4 members (excludes halogenated alkanes) is 55. The Balaban J connectivity index is 1.64. The van der Waals surface area contributed by atoms with E-state index in [9.17, 15) is 0 Å². The lowest BCUT2D eigenvalue weighted by Gasteiger charge is -2.06. The van der Waals surface area contributed by atoms with E-state index in [2.05, 4.69) is 105 Å². The summed E-state index contributed by atoms with van der Waals surface area (Å²) in [7, 11) is 0. The minimum atomic E-state index is 0.742. The summed E-state index contributed by atoms with van der Waals surface area (Å²) in [4.78, 5) is 10.3. The molecular formula is C85H142N2. The Morgan fingerprint density at radius 2 is 0.494 bits per heavy atom. The Hall–Kier alpha value is -3.54. The molecule has 0 saturated heterocycles. The van der Waals surface area contributed by atoms with Crippen molar-refractivity contribution in [1.29, 1.82) is 0 Å². The van der Waals surface area contributed by atoms with Crippen molar-refractivity contribution in [2.45, 2.75) is 419 Å². The maximum Gasteiger partial charge on any atom is 0.132 e. The molecule has 0 aromatic heterocycles. The minimum absolute atomic E-state index is 0.742. The highest BCUT2D eigenvalue weighted by Gasteiger charge is 2.05. The molecule has 0 saturated carbocycles. The highest BCUT2D eigenvalue weighted by Crippen LogP contribution is 2.24. The largest absolute Gasteiger partial charge is 0.254 e. The zero-order chi connectivity index (χ0) is 61.7. The molecule has 0 aliphatic rings. The smallest absolute Gasteiger partial charge is 0.132 e. The van der Waals surface area contributed by atoms with Gasteiger partial charge in [-0.3, -0.25) is 4.99 Å². The van der Waals surface area contributed by atoms with Gasteiger partial charge in [-0.25, -0.2) is 4.99 Å². The number of para-hydroxylation sites is 2. The molecule has 0 unspecified atom stereocenters. The molecule has 2 aromatic rings. The van der Waals surface area contributed by atoms with Crippen molar-refractivity contribution in [2.24, 2.45) is 9.98 Å². The second kappa shape index (κ2) is 66.9. The molecular weight excluding hydrogens is 1050 g/mol. The first-order chi connectivity index (χ1) is 43.3. The molecule has 2 rings (SSSR count). The van der Waals surface area contributed by atoms with Gasteiger partial charge in [-0.2, -0.15) is 0 Å². The van der Waals surface area contributed by atoms with E-state index in [4.69, 9.17) is 9.98 Å². The van der Waals surface area contributed by atoms with Gasteiger partial charge in [-0.15, -0.1) is 23.7 Å². The van der Waals surface area contributed by atoms with E-state index < -0.39 is 0 Å². The van der Waals surface area contributed by atoms with Crippen LogP contribution in [0.3, 0.4) is 0 Å². The lowest BCUT2D eigenvalue weighted by molar-refractivity contribution is 0.518. The van der Waals surface area contributed by atoms with Gasteiger partial charge in [0, 0.05) is 32.1 Å². The number of hydrogen-bond acceptors (Lipinski definition) is 2. The van der Waals surface area contributed by atoms with Crippen LogP contribution in [0.1, 0.15) is 417 Å². The average Bonchev–Trinajstić information content (AvgIpc) is 3.67. The van der Waals surface area contributed by atoms with E-state index in [-0.39, 0.29) is 0 Å². The third-order valence-electron chi connectivity index (χ3n) is 18.2. The summed E-state index contributed by atoms with van der Waals surface area (Å²) in [6, 6.07) is 17.2. The Labute approximate surface area is 544 Å². The van der Waals surface area contributed by atoms with Gasteiger partial charge in [0.1, 0.15) is 5.71 Å². The van der Waals surface area contributed by atoms with Crippen molar-refractivity contribution in [3.8, 4) is 35.5 Å². The average molecular weight is 1190 g/mol. The molecule has 0 aliphatic carbocycles. The second-order valence-corrected chi connectivity index (χ2v) is 26.7. The van der Waals surface area contributed by atoms with Crippen LogP contribution in [0.15, 0.2) is 58.5 Å². The van der Waals surface area contributed by atoms with Crippen molar-refractivity contribution in [1.82, 2.24) is 0 Å². The SMILES string of the molecule is CCCCCCCCCC#CC(C=Nc1ccccc1CCCC#CCCCCCCCCCCCCCCCCCCCCCCCCC)=Nc1ccccc1CCCC#CCCCCCCCCCCCCCCCCCCCCCCCCC. The van der Waals surface area contributed by atoms with Gasteiger partial charge < -0.3 is 0 Å². The summed E-state index contributed by atoms with van der Waals surface area (Å²) >= 11 is 0. The van der Waals surface area contributed by atoms with Crippen LogP contribution >= 0.6 is 0 Å². The molecule has 0 N–H and O–H groups in total. The Kier molecular flexibility index (Phi) is 61.1. The van der Waals surface area contributed by atoms with Gasteiger partial charge in [-0.1, -0.05) is 384 Å². The van der Waals surface area contributed by atoms with Gasteiger partial charge in [0.2, 0.25) is 0 Å². The topological polar surface area (TPSA) is 24.7 Å². The van der Waals surface area contributed by atoms with Crippen molar-refractivity contribution in [2.75, 3.05) is 0 Å². The number of rotatable bonds is 62. The fraction of sp³-hybridized carbons (Fsp3) is 0.765. The zero-order valence-electron chi connectivity index (χ0n) is 58.4. The second-order valence-electron chi connectivity index (χ2n) is 26.7. The zero-order valence-corrected chi connectivity index (χ0v) is 58.4. The third-order valence-corrected chi connectivity index (χ3v) is 18.2. The van der Waals surface area contributed by atoms with Crippen molar-refractivity contribution in [3.05, 3.63) is 59.7 Å². The third kappa shape index (κ3) is 55.1. The van der Waals surface area contributed by atoms with E-state index in [1.807, 2.05) is 6.21 Å². The molecule has 2 nitrogen and oxygen atoms in total. The van der Waals surface area contributed by atoms with Crippen LogP contribution in [0.4, 0.5) is 11.4 Å². The Bertz CT molecular complexity index is 2020. The molecule has 0 aliphatic heterocycles. The standard InChI is InChI=1S/C85H142N2/c1-4-7-10-13-16-19-21-23-25-27-29-31-33-35-37-39-41-43-45-47-49-51-53-55-58-60-63-66-73-81-75-69-71-78-84(81)86-80-83(77-68-65-62-57-18-15-12-9-6-3)87-85-79-72-70-76-82(85)74-67-64-61-59-56-54-52-50-48-46-44-42-40-38-36-34-32-30-28-26-24-22-20-17-14-11-8-5-2/h69-72,75-76,78-80H,4-57,62-67,73-74H2,1-3H3. The summed E-state index contributed by atoms with van der Waals surface area (Å²) < 4.78 is 0. The number of aryl methyl sites for hydroxylation is 2. The number of nitrogens with zero attached hydrogens (tertiary/aromatic N) is 2. The van der Waals surface area contributed by atoms with Gasteiger partial charge in [-0.05, 0) is 74.1 Å². The summed E-state index contributed by atoms with van der Waals surface area (Å²) in [5.74, 6) is 20.9. The molecule has 0 heterocycles. The fourth-order valence-corrected chi connectivity index (χ4v) is 12.4. The maximum atomic E-state index is 5.20. The highest BCUT2D eigenvalue weighted by molar-refractivity contribution is 6.39. The van der Waals surface area contributed by atoms with Gasteiger partial charge in [0.15, 0.2) is 0 Å². The number of benzene rings is 2. The van der Waals surface area contributed by atoms with E-state index in [0.717, 1.165) is 81.3 Å². The molecule has 0 atom stereocenters. The Morgan fingerprint density at radius 1 is 0.264 bits per heavy atom. The van der Waals surface area contributed by atoms with Crippen LogP contribution in [-0.4, -0.2) is 11.9 Å².